The number of nitrogens with two attached hydrogens (primary N) is 1. The molecule has 6 nitrogen and oxygen atoms in total. The van der Waals surface area contributed by atoms with Gasteiger partial charge in [0.25, 0.3) is 0 Å². The van der Waals surface area contributed by atoms with Crippen molar-refractivity contribution in [1.82, 2.24) is 9.88 Å². The summed E-state index contributed by atoms with van der Waals surface area (Å²) < 4.78 is 5.85. The number of nitrogens with one attached hydrogen (secondary N) is 1. The summed E-state index contributed by atoms with van der Waals surface area (Å²) >= 11 is 0. The smallest absolute Gasteiger partial charge is 0.248 e. The Morgan fingerprint density at radius 3 is 2.76 bits per heavy atom. The maximum absolute atomic E-state index is 12.5. The summed E-state index contributed by atoms with van der Waals surface area (Å²) in [6, 6.07) is 4.12. The van der Waals surface area contributed by atoms with E-state index in [4.69, 9.17) is 10.5 Å². The van der Waals surface area contributed by atoms with E-state index in [-0.39, 0.29) is 18.6 Å². The molecule has 2 heterocycles. The van der Waals surface area contributed by atoms with Gasteiger partial charge < -0.3 is 20.7 Å². The second-order valence-electron chi connectivity index (χ2n) is 7.20. The summed E-state index contributed by atoms with van der Waals surface area (Å²) in [6.07, 6.45) is 11.0. The zero-order valence-electron chi connectivity index (χ0n) is 15.0. The van der Waals surface area contributed by atoms with Gasteiger partial charge in [-0.15, -0.1) is 0 Å². The Morgan fingerprint density at radius 1 is 1.16 bits per heavy atom. The van der Waals surface area contributed by atoms with E-state index in [1.807, 2.05) is 11.0 Å². The molecule has 0 bridgehead atoms. The highest BCUT2D eigenvalue weighted by atomic mass is 16.5. The summed E-state index contributed by atoms with van der Waals surface area (Å²) in [5.74, 6) is 0.668. The lowest BCUT2D eigenvalue weighted by atomic mass is 9.98. The van der Waals surface area contributed by atoms with Gasteiger partial charge in [-0.1, -0.05) is 19.3 Å². The van der Waals surface area contributed by atoms with Crippen molar-refractivity contribution in [3.05, 3.63) is 18.3 Å². The molecule has 1 aromatic heterocycles. The van der Waals surface area contributed by atoms with Gasteiger partial charge in [0.1, 0.15) is 12.4 Å². The van der Waals surface area contributed by atoms with Crippen LogP contribution in [-0.2, 0) is 9.53 Å². The van der Waals surface area contributed by atoms with Crippen molar-refractivity contribution in [3.63, 3.8) is 0 Å². The summed E-state index contributed by atoms with van der Waals surface area (Å²) in [7, 11) is 0. The minimum absolute atomic E-state index is 0.139. The molecule has 6 heteroatoms. The highest BCUT2D eigenvalue weighted by Crippen LogP contribution is 2.21. The lowest BCUT2D eigenvalue weighted by Gasteiger charge is -2.25. The monoisotopic (exact) mass is 346 g/mol. The molecule has 1 atom stereocenters. The lowest BCUT2D eigenvalue weighted by molar-refractivity contribution is -0.138. The number of aromatic nitrogens is 1. The van der Waals surface area contributed by atoms with Crippen LogP contribution in [0.4, 0.5) is 11.5 Å². The number of nitrogens with zero attached hydrogens (tertiary/aromatic N) is 2. The molecule has 1 aliphatic carbocycles. The SMILES string of the molecule is Nc1ccc(N[C@@H]2CCCN(C(=O)COC3CCCCC3)CC2)cn1. The molecule has 1 aromatic rings. The van der Waals surface area contributed by atoms with Gasteiger partial charge in [0, 0.05) is 19.1 Å². The fourth-order valence-corrected chi connectivity index (χ4v) is 3.73. The Balaban J connectivity index is 1.42. The van der Waals surface area contributed by atoms with E-state index in [0.29, 0.717) is 11.9 Å². The number of hydrogen-bond acceptors (Lipinski definition) is 5. The van der Waals surface area contributed by atoms with Gasteiger partial charge in [0.2, 0.25) is 5.91 Å². The summed E-state index contributed by atoms with van der Waals surface area (Å²) in [5.41, 5.74) is 6.61. The molecule has 1 saturated heterocycles. The molecule has 3 rings (SSSR count). The van der Waals surface area contributed by atoms with Gasteiger partial charge in [-0.05, 0) is 44.2 Å². The fourth-order valence-electron chi connectivity index (χ4n) is 3.73. The molecule has 1 amide bonds. The molecule has 2 fully saturated rings. The average Bonchev–Trinajstić information content (AvgIpc) is 2.88. The van der Waals surface area contributed by atoms with Gasteiger partial charge in [-0.25, -0.2) is 4.98 Å². The van der Waals surface area contributed by atoms with Crippen LogP contribution < -0.4 is 11.1 Å². The molecule has 1 saturated carbocycles. The fraction of sp³-hybridized carbons (Fsp3) is 0.684. The molecule has 1 aliphatic heterocycles. The van der Waals surface area contributed by atoms with Gasteiger partial charge in [-0.3, -0.25) is 4.79 Å². The Labute approximate surface area is 150 Å². The zero-order chi connectivity index (χ0) is 17.5. The summed E-state index contributed by atoms with van der Waals surface area (Å²) in [6.45, 7) is 1.85. The third-order valence-corrected chi connectivity index (χ3v) is 5.23. The van der Waals surface area contributed by atoms with Crippen LogP contribution >= 0.6 is 0 Å². The molecule has 138 valence electrons. The molecule has 2 aliphatic rings. The van der Waals surface area contributed by atoms with E-state index in [2.05, 4.69) is 10.3 Å². The molecule has 25 heavy (non-hydrogen) atoms. The number of carbonyl (C=O) groups is 1. The van der Waals surface area contributed by atoms with Crippen molar-refractivity contribution in [2.75, 3.05) is 30.7 Å². The van der Waals surface area contributed by atoms with E-state index in [9.17, 15) is 4.79 Å². The Hall–Kier alpha value is -1.82. The first-order valence-electron chi connectivity index (χ1n) is 9.58. The van der Waals surface area contributed by atoms with Crippen LogP contribution in [0.15, 0.2) is 18.3 Å². The van der Waals surface area contributed by atoms with Crippen molar-refractivity contribution in [2.45, 2.75) is 63.5 Å². The molecular formula is C19H30N4O2. The number of amides is 1. The first kappa shape index (κ1) is 18.0. The van der Waals surface area contributed by atoms with E-state index >= 15 is 0 Å². The predicted octanol–water partition coefficient (Wildman–Crippen LogP) is 2.81. The predicted molar refractivity (Wildman–Crippen MR) is 99.3 cm³/mol. The van der Waals surface area contributed by atoms with Gasteiger partial charge >= 0.3 is 0 Å². The first-order chi connectivity index (χ1) is 12.2. The minimum Gasteiger partial charge on any atom is -0.384 e. The number of nitrogen functional groups attached to an aromatic ring is 1. The van der Waals surface area contributed by atoms with Gasteiger partial charge in [0.15, 0.2) is 0 Å². The quantitative estimate of drug-likeness (QED) is 0.857. The highest BCUT2D eigenvalue weighted by molar-refractivity contribution is 5.77. The van der Waals surface area contributed by atoms with Gasteiger partial charge in [-0.2, -0.15) is 0 Å². The molecule has 0 spiro atoms. The Kier molecular flexibility index (Phi) is 6.50. The second kappa shape index (κ2) is 9.04. The lowest BCUT2D eigenvalue weighted by Crippen LogP contribution is -2.36. The normalized spacial score (nSPS) is 22.4. The highest BCUT2D eigenvalue weighted by Gasteiger charge is 2.22. The Morgan fingerprint density at radius 2 is 2.00 bits per heavy atom. The van der Waals surface area contributed by atoms with Crippen molar-refractivity contribution in [1.29, 1.82) is 0 Å². The number of pyridine rings is 1. The standard InChI is InChI=1S/C19H30N4O2/c20-18-9-8-16(13-21-18)22-15-5-4-11-23(12-10-15)19(24)14-25-17-6-2-1-3-7-17/h8-9,13,15,17,22H,1-7,10-12,14H2,(H2,20,21)/t15-/m1/s1. The van der Waals surface area contributed by atoms with Crippen LogP contribution in [0.3, 0.4) is 0 Å². The molecule has 3 N–H and O–H groups in total. The molecule has 0 unspecified atom stereocenters. The molecular weight excluding hydrogens is 316 g/mol. The van der Waals surface area contributed by atoms with Crippen LogP contribution in [0.1, 0.15) is 51.4 Å². The molecule has 0 radical (unpaired) electrons. The number of ether oxygens (including phenoxy) is 1. The van der Waals surface area contributed by atoms with E-state index < -0.39 is 0 Å². The topological polar surface area (TPSA) is 80.5 Å². The van der Waals surface area contributed by atoms with Crippen molar-refractivity contribution < 1.29 is 9.53 Å². The van der Waals surface area contributed by atoms with Crippen LogP contribution in [0.2, 0.25) is 0 Å². The van der Waals surface area contributed by atoms with E-state index in [1.165, 1.54) is 19.3 Å². The Bertz CT molecular complexity index is 543. The average molecular weight is 346 g/mol. The number of likely N-dealkylation sites (tertiary alicyclic amines) is 1. The second-order valence-corrected chi connectivity index (χ2v) is 7.20. The van der Waals surface area contributed by atoms with Crippen LogP contribution in [0.25, 0.3) is 0 Å². The van der Waals surface area contributed by atoms with Crippen LogP contribution in [0, 0.1) is 0 Å². The van der Waals surface area contributed by atoms with E-state index in [1.54, 1.807) is 12.3 Å². The van der Waals surface area contributed by atoms with Crippen molar-refractivity contribution >= 4 is 17.4 Å². The van der Waals surface area contributed by atoms with E-state index in [0.717, 1.165) is 50.9 Å². The number of hydrogen-bond donors (Lipinski definition) is 2. The van der Waals surface area contributed by atoms with Crippen molar-refractivity contribution in [3.8, 4) is 0 Å². The van der Waals surface area contributed by atoms with Crippen LogP contribution in [0.5, 0.6) is 0 Å². The largest absolute Gasteiger partial charge is 0.384 e. The number of anilines is 2. The number of rotatable bonds is 5. The zero-order valence-corrected chi connectivity index (χ0v) is 15.0. The first-order valence-corrected chi connectivity index (χ1v) is 9.58. The minimum atomic E-state index is 0.139. The van der Waals surface area contributed by atoms with Gasteiger partial charge in [0.05, 0.1) is 18.0 Å². The van der Waals surface area contributed by atoms with Crippen LogP contribution in [-0.4, -0.2) is 47.6 Å². The molecule has 0 aromatic carbocycles. The third kappa shape index (κ3) is 5.59. The summed E-state index contributed by atoms with van der Waals surface area (Å²) in [4.78, 5) is 18.5. The third-order valence-electron chi connectivity index (χ3n) is 5.23. The summed E-state index contributed by atoms with van der Waals surface area (Å²) in [5, 5.41) is 3.50. The van der Waals surface area contributed by atoms with Crippen molar-refractivity contribution in [2.24, 2.45) is 0 Å². The number of carbonyl (C=O) groups excluding carboxylic acids is 1. The maximum Gasteiger partial charge on any atom is 0.248 e. The maximum atomic E-state index is 12.5.